The summed E-state index contributed by atoms with van der Waals surface area (Å²) in [6.45, 7) is 0.510. The fourth-order valence-electron chi connectivity index (χ4n) is 5.60. The second kappa shape index (κ2) is 11.5. The van der Waals surface area contributed by atoms with Gasteiger partial charge >= 0.3 is 6.03 Å². The van der Waals surface area contributed by atoms with Crippen molar-refractivity contribution < 1.29 is 28.9 Å². The Morgan fingerprint density at radius 1 is 1.05 bits per heavy atom. The van der Waals surface area contributed by atoms with Gasteiger partial charge in [0.1, 0.15) is 11.9 Å². The molecule has 37 heavy (non-hydrogen) atoms. The fourth-order valence-corrected chi connectivity index (χ4v) is 5.60. The number of aliphatic hydroxyl groups excluding tert-OH is 1. The van der Waals surface area contributed by atoms with Crippen LogP contribution in [-0.4, -0.2) is 79.2 Å². The van der Waals surface area contributed by atoms with Crippen molar-refractivity contribution in [2.24, 2.45) is 0 Å². The van der Waals surface area contributed by atoms with Gasteiger partial charge in [0.15, 0.2) is 0 Å². The minimum Gasteiger partial charge on any atom is -0.497 e. The molecule has 0 radical (unpaired) electrons. The van der Waals surface area contributed by atoms with Gasteiger partial charge in [0, 0.05) is 11.7 Å². The van der Waals surface area contributed by atoms with Crippen molar-refractivity contribution in [1.82, 2.24) is 10.2 Å². The number of aliphatic hydroxyl groups is 1. The van der Waals surface area contributed by atoms with E-state index in [4.69, 9.17) is 14.2 Å². The van der Waals surface area contributed by atoms with Gasteiger partial charge in [-0.1, -0.05) is 24.3 Å². The average Bonchev–Trinajstić information content (AvgIpc) is 3.29. The maximum Gasteiger partial charge on any atom is 0.322 e. The number of hydrogen-bond acceptors (Lipinski definition) is 6. The van der Waals surface area contributed by atoms with Crippen LogP contribution in [0.3, 0.4) is 0 Å². The number of carbonyl (C=O) groups is 2. The van der Waals surface area contributed by atoms with Crippen molar-refractivity contribution in [2.75, 3.05) is 32.2 Å². The molecule has 2 fully saturated rings. The van der Waals surface area contributed by atoms with Crippen LogP contribution >= 0.6 is 0 Å². The molecular weight excluding hydrogens is 474 g/mol. The van der Waals surface area contributed by atoms with Gasteiger partial charge in [-0.05, 0) is 61.1 Å². The Morgan fingerprint density at radius 3 is 2.49 bits per heavy atom. The number of nitrogens with zero attached hydrogens (tertiary/aromatic N) is 1. The van der Waals surface area contributed by atoms with Crippen LogP contribution in [0.5, 0.6) is 5.75 Å². The van der Waals surface area contributed by atoms with Crippen LogP contribution in [0.15, 0.2) is 48.5 Å². The first kappa shape index (κ1) is 25.5. The molecule has 2 aliphatic heterocycles. The van der Waals surface area contributed by atoms with E-state index in [9.17, 15) is 14.7 Å². The van der Waals surface area contributed by atoms with E-state index in [-0.39, 0.29) is 62.4 Å². The van der Waals surface area contributed by atoms with Crippen molar-refractivity contribution in [2.45, 2.75) is 62.5 Å². The molecule has 2 aromatic rings. The van der Waals surface area contributed by atoms with Crippen molar-refractivity contribution in [3.63, 3.8) is 0 Å². The number of nitrogens with one attached hydrogen (secondary N) is 2. The van der Waals surface area contributed by atoms with Gasteiger partial charge in [-0.3, -0.25) is 4.79 Å². The molecule has 9 heteroatoms. The summed E-state index contributed by atoms with van der Waals surface area (Å²) in [7, 11) is 1.59. The predicted molar refractivity (Wildman–Crippen MR) is 138 cm³/mol. The van der Waals surface area contributed by atoms with E-state index in [0.717, 1.165) is 12.8 Å². The number of methoxy groups -OCH3 is 1. The zero-order valence-corrected chi connectivity index (χ0v) is 21.1. The second-order valence-corrected chi connectivity index (χ2v) is 10.1. The molecule has 0 bridgehead atoms. The van der Waals surface area contributed by atoms with E-state index in [1.807, 2.05) is 12.1 Å². The molecule has 2 aromatic carbocycles. The summed E-state index contributed by atoms with van der Waals surface area (Å²) in [6, 6.07) is 14.9. The molecule has 3 amide bonds. The summed E-state index contributed by atoms with van der Waals surface area (Å²) in [5.41, 5.74) is 3.23. The smallest absolute Gasteiger partial charge is 0.322 e. The summed E-state index contributed by atoms with van der Waals surface area (Å²) < 4.78 is 17.2. The fraction of sp³-hybridized carbons (Fsp3) is 0.500. The largest absolute Gasteiger partial charge is 0.497 e. The van der Waals surface area contributed by atoms with Crippen LogP contribution in [0.2, 0.25) is 0 Å². The monoisotopic (exact) mass is 509 g/mol. The van der Waals surface area contributed by atoms with Crippen LogP contribution in [0.25, 0.3) is 0 Å². The molecule has 3 aliphatic rings. The summed E-state index contributed by atoms with van der Waals surface area (Å²) in [5, 5.41) is 16.5. The summed E-state index contributed by atoms with van der Waals surface area (Å²) in [6.07, 6.45) is 1.86. The van der Waals surface area contributed by atoms with Crippen molar-refractivity contribution >= 4 is 17.6 Å². The Labute approximate surface area is 217 Å². The molecule has 0 aromatic heterocycles. The molecule has 9 nitrogen and oxygen atoms in total. The van der Waals surface area contributed by atoms with Gasteiger partial charge in [0.05, 0.1) is 51.5 Å². The van der Waals surface area contributed by atoms with Gasteiger partial charge in [0.25, 0.3) is 0 Å². The number of anilines is 1. The zero-order chi connectivity index (χ0) is 25.8. The van der Waals surface area contributed by atoms with E-state index < -0.39 is 6.10 Å². The third kappa shape index (κ3) is 6.23. The van der Waals surface area contributed by atoms with E-state index in [2.05, 4.69) is 22.8 Å². The first-order valence-electron chi connectivity index (χ1n) is 13.0. The lowest BCUT2D eigenvalue weighted by atomic mass is 9.95. The Bertz CT molecular complexity index is 1070. The quantitative estimate of drug-likeness (QED) is 0.572. The molecule has 0 spiro atoms. The molecule has 0 unspecified atom stereocenters. The number of β-amino-alcohol motifs (C(OH)–C–C–N with tert-alkyl or cyclic N) is 1. The molecular formula is C28H35N3O6. The first-order chi connectivity index (χ1) is 18.0. The maximum atomic E-state index is 13.2. The highest BCUT2D eigenvalue weighted by atomic mass is 16.5. The molecule has 3 N–H and O–H groups in total. The molecule has 5 rings (SSSR count). The number of amides is 3. The normalized spacial score (nSPS) is 25.8. The molecule has 2 heterocycles. The third-order valence-electron chi connectivity index (χ3n) is 7.41. The molecule has 198 valence electrons. The number of fused-ring (bicyclic) bond motifs is 2. The van der Waals surface area contributed by atoms with Crippen LogP contribution < -0.4 is 15.4 Å². The summed E-state index contributed by atoms with van der Waals surface area (Å²) >= 11 is 0. The topological polar surface area (TPSA) is 109 Å². The number of hydrogen-bond donors (Lipinski definition) is 3. The van der Waals surface area contributed by atoms with Crippen LogP contribution in [-0.2, 0) is 27.1 Å². The van der Waals surface area contributed by atoms with Gasteiger partial charge in [-0.15, -0.1) is 0 Å². The molecule has 1 aliphatic carbocycles. The van der Waals surface area contributed by atoms with Crippen LogP contribution in [0.1, 0.15) is 30.4 Å². The summed E-state index contributed by atoms with van der Waals surface area (Å²) in [5.74, 6) is 0.683. The van der Waals surface area contributed by atoms with Crippen LogP contribution in [0, 0.1) is 0 Å². The van der Waals surface area contributed by atoms with Gasteiger partial charge < -0.3 is 34.9 Å². The standard InChI is InChI=1S/C28H35N3O6/c1-35-23-8-6-20(7-9-23)30-28(34)31-15-22(32)16-36-17-26-25(31)11-10-24(37-26)14-27(33)29-21-12-18-4-2-3-5-19(18)13-21/h2-9,21-22,24-26,32H,10-17H2,1H3,(H,29,33)(H,30,34)/t22-,24-,25-,26+/m0/s1. The minimum absolute atomic E-state index is 0.0162. The number of urea groups is 1. The summed E-state index contributed by atoms with van der Waals surface area (Å²) in [4.78, 5) is 27.7. The number of carbonyl (C=O) groups excluding carboxylic acids is 2. The first-order valence-corrected chi connectivity index (χ1v) is 13.0. The highest BCUT2D eigenvalue weighted by Gasteiger charge is 2.40. The number of rotatable bonds is 5. The second-order valence-electron chi connectivity index (χ2n) is 10.1. The van der Waals surface area contributed by atoms with E-state index in [0.29, 0.717) is 24.3 Å². The van der Waals surface area contributed by atoms with Gasteiger partial charge in [-0.25, -0.2) is 4.79 Å². The minimum atomic E-state index is -0.790. The Morgan fingerprint density at radius 2 is 1.78 bits per heavy atom. The van der Waals surface area contributed by atoms with Gasteiger partial charge in [0.2, 0.25) is 5.91 Å². The molecule has 4 atom stereocenters. The lowest BCUT2D eigenvalue weighted by Gasteiger charge is -2.44. The van der Waals surface area contributed by atoms with E-state index >= 15 is 0 Å². The van der Waals surface area contributed by atoms with Gasteiger partial charge in [-0.2, -0.15) is 0 Å². The Balaban J connectivity index is 1.18. The number of ether oxygens (including phenoxy) is 3. The molecule has 0 saturated carbocycles. The predicted octanol–water partition coefficient (Wildman–Crippen LogP) is 2.51. The van der Waals surface area contributed by atoms with Crippen LogP contribution in [0.4, 0.5) is 10.5 Å². The lowest BCUT2D eigenvalue weighted by molar-refractivity contribution is -0.150. The molecule has 2 saturated heterocycles. The highest BCUT2D eigenvalue weighted by Crippen LogP contribution is 2.29. The average molecular weight is 510 g/mol. The van der Waals surface area contributed by atoms with Crippen molar-refractivity contribution in [1.29, 1.82) is 0 Å². The zero-order valence-electron chi connectivity index (χ0n) is 21.1. The lowest BCUT2D eigenvalue weighted by Crippen LogP contribution is -2.58. The Hall–Kier alpha value is -3.14. The van der Waals surface area contributed by atoms with Crippen molar-refractivity contribution in [3.05, 3.63) is 59.7 Å². The SMILES string of the molecule is COc1ccc(NC(=O)N2C[C@H](O)COC[C@H]3O[C@H](CC(=O)NC4Cc5ccccc5C4)CC[C@@H]32)cc1. The highest BCUT2D eigenvalue weighted by molar-refractivity contribution is 5.89. The van der Waals surface area contributed by atoms with E-state index in [1.165, 1.54) is 11.1 Å². The Kier molecular flexibility index (Phi) is 7.93. The third-order valence-corrected chi connectivity index (χ3v) is 7.41. The number of benzene rings is 2. The van der Waals surface area contributed by atoms with E-state index in [1.54, 1.807) is 36.3 Å². The van der Waals surface area contributed by atoms with Crippen molar-refractivity contribution in [3.8, 4) is 5.75 Å². The maximum absolute atomic E-state index is 13.2.